The van der Waals surface area contributed by atoms with Gasteiger partial charge in [0.05, 0.1) is 11.6 Å². The Morgan fingerprint density at radius 1 is 0.914 bits per heavy atom. The van der Waals surface area contributed by atoms with Crippen LogP contribution in [-0.4, -0.2) is 40.7 Å². The molecule has 4 nitrogen and oxygen atoms in total. The number of hydrogen-bond donors (Lipinski definition) is 0. The first-order valence-electron chi connectivity index (χ1n) is 11.2. The number of carbonyl (C=O) groups excluding carboxylic acids is 2. The van der Waals surface area contributed by atoms with E-state index in [0.717, 1.165) is 23.8 Å². The molecule has 0 radical (unpaired) electrons. The van der Waals surface area contributed by atoms with Crippen molar-refractivity contribution in [3.8, 4) is 0 Å². The number of hydrogen-bond acceptors (Lipinski definition) is 2. The maximum absolute atomic E-state index is 13.7. The van der Waals surface area contributed by atoms with Crippen LogP contribution in [0, 0.1) is 5.82 Å². The fraction of sp³-hybridized carbons (Fsp3) is 0.259. The fourth-order valence-corrected chi connectivity index (χ4v) is 4.32. The van der Waals surface area contributed by atoms with E-state index in [1.54, 1.807) is 11.0 Å². The molecule has 1 aliphatic rings. The smallest absolute Gasteiger partial charge is 0.332 e. The van der Waals surface area contributed by atoms with Gasteiger partial charge in [-0.2, -0.15) is 13.2 Å². The van der Waals surface area contributed by atoms with Gasteiger partial charge in [0.2, 0.25) is 5.91 Å². The Bertz CT molecular complexity index is 1200. The molecular weight excluding hydrogens is 460 g/mol. The minimum absolute atomic E-state index is 0.00417. The number of nitrogens with zero attached hydrogens (tertiary/aromatic N) is 2. The third kappa shape index (κ3) is 6.07. The van der Waals surface area contributed by atoms with Crippen molar-refractivity contribution >= 4 is 11.8 Å². The predicted octanol–water partition coefficient (Wildman–Crippen LogP) is 5.33. The molecular formula is C27H24F4N2O2. The molecule has 4 rings (SSSR count). The lowest BCUT2D eigenvalue weighted by molar-refractivity contribution is -0.139. The highest BCUT2D eigenvalue weighted by Gasteiger charge is 2.36. The Labute approximate surface area is 200 Å². The molecule has 182 valence electrons. The normalized spacial score (nSPS) is 16.5. The SMILES string of the molecule is O=C(c1cccc(F)c1)N1CC(=O)N(Cc2cccc(C(F)(F)F)c2)[C@@H](CCc2ccccc2)C1. The standard InChI is InChI=1S/C27H24F4N2O2/c28-23-11-5-9-21(15-23)26(35)32-17-24(13-12-19-6-2-1-3-7-19)33(25(34)18-32)16-20-8-4-10-22(14-20)27(29,30)31/h1-11,14-15,24H,12-13,16-18H2/t24-/m0/s1. The number of rotatable bonds is 6. The van der Waals surface area contributed by atoms with E-state index in [9.17, 15) is 27.2 Å². The third-order valence-corrected chi connectivity index (χ3v) is 6.09. The topological polar surface area (TPSA) is 40.6 Å². The Morgan fingerprint density at radius 2 is 1.63 bits per heavy atom. The minimum atomic E-state index is -4.48. The summed E-state index contributed by atoms with van der Waals surface area (Å²) in [5.74, 6) is -1.37. The molecule has 3 aromatic rings. The molecule has 3 aromatic carbocycles. The quantitative estimate of drug-likeness (QED) is 0.444. The molecule has 0 N–H and O–H groups in total. The van der Waals surface area contributed by atoms with E-state index < -0.39 is 29.5 Å². The van der Waals surface area contributed by atoms with E-state index in [0.29, 0.717) is 18.4 Å². The molecule has 0 spiro atoms. The van der Waals surface area contributed by atoms with Gasteiger partial charge in [-0.05, 0) is 54.3 Å². The molecule has 1 atom stereocenters. The lowest BCUT2D eigenvalue weighted by Gasteiger charge is -2.41. The Balaban J connectivity index is 1.57. The highest BCUT2D eigenvalue weighted by Crippen LogP contribution is 2.30. The summed E-state index contributed by atoms with van der Waals surface area (Å²) in [6, 6.07) is 19.4. The summed E-state index contributed by atoms with van der Waals surface area (Å²) in [5.41, 5.74) is 0.782. The van der Waals surface area contributed by atoms with Gasteiger partial charge in [-0.15, -0.1) is 0 Å². The van der Waals surface area contributed by atoms with E-state index in [1.165, 1.54) is 29.2 Å². The third-order valence-electron chi connectivity index (χ3n) is 6.09. The van der Waals surface area contributed by atoms with Crippen molar-refractivity contribution in [1.29, 1.82) is 0 Å². The first kappa shape index (κ1) is 24.4. The van der Waals surface area contributed by atoms with Crippen LogP contribution < -0.4 is 0 Å². The first-order chi connectivity index (χ1) is 16.7. The summed E-state index contributed by atoms with van der Waals surface area (Å²) in [4.78, 5) is 29.1. The highest BCUT2D eigenvalue weighted by atomic mass is 19.4. The van der Waals surface area contributed by atoms with Crippen LogP contribution in [0.25, 0.3) is 0 Å². The summed E-state index contributed by atoms with van der Waals surface area (Å²) >= 11 is 0. The van der Waals surface area contributed by atoms with Crippen molar-refractivity contribution in [2.24, 2.45) is 0 Å². The van der Waals surface area contributed by atoms with Gasteiger partial charge in [0.1, 0.15) is 12.4 Å². The highest BCUT2D eigenvalue weighted by molar-refractivity contribution is 5.97. The molecule has 1 aliphatic heterocycles. The molecule has 0 aromatic heterocycles. The van der Waals surface area contributed by atoms with E-state index in [4.69, 9.17) is 0 Å². The summed E-state index contributed by atoms with van der Waals surface area (Å²) in [7, 11) is 0. The van der Waals surface area contributed by atoms with Gasteiger partial charge in [-0.3, -0.25) is 9.59 Å². The van der Waals surface area contributed by atoms with Crippen LogP contribution in [0.4, 0.5) is 17.6 Å². The number of amides is 2. The van der Waals surface area contributed by atoms with Crippen molar-refractivity contribution in [2.75, 3.05) is 13.1 Å². The molecule has 0 aliphatic carbocycles. The van der Waals surface area contributed by atoms with Gasteiger partial charge in [-0.25, -0.2) is 4.39 Å². The zero-order valence-corrected chi connectivity index (χ0v) is 18.8. The summed E-state index contributed by atoms with van der Waals surface area (Å²) in [6.45, 7) is -0.0206. The van der Waals surface area contributed by atoms with E-state index in [-0.39, 0.29) is 31.1 Å². The molecule has 1 saturated heterocycles. The van der Waals surface area contributed by atoms with E-state index in [2.05, 4.69) is 0 Å². The first-order valence-corrected chi connectivity index (χ1v) is 11.2. The maximum Gasteiger partial charge on any atom is 0.416 e. The van der Waals surface area contributed by atoms with Crippen molar-refractivity contribution < 1.29 is 27.2 Å². The molecule has 35 heavy (non-hydrogen) atoms. The van der Waals surface area contributed by atoms with Gasteiger partial charge < -0.3 is 9.80 Å². The fourth-order valence-electron chi connectivity index (χ4n) is 4.32. The summed E-state index contributed by atoms with van der Waals surface area (Å²) in [6.07, 6.45) is -3.34. The molecule has 0 bridgehead atoms. The van der Waals surface area contributed by atoms with Crippen LogP contribution in [0.2, 0.25) is 0 Å². The number of alkyl halides is 3. The van der Waals surface area contributed by atoms with E-state index in [1.807, 2.05) is 30.3 Å². The molecule has 0 unspecified atom stereocenters. The predicted molar refractivity (Wildman–Crippen MR) is 123 cm³/mol. The molecule has 0 saturated carbocycles. The minimum Gasteiger partial charge on any atom is -0.332 e. The van der Waals surface area contributed by atoms with Gasteiger partial charge in [0.15, 0.2) is 0 Å². The van der Waals surface area contributed by atoms with Crippen molar-refractivity contribution in [3.63, 3.8) is 0 Å². The average molecular weight is 484 g/mol. The second-order valence-electron chi connectivity index (χ2n) is 8.59. The van der Waals surface area contributed by atoms with Crippen LogP contribution in [0.3, 0.4) is 0 Å². The Kier molecular flexibility index (Phi) is 7.19. The number of piperazine rings is 1. The monoisotopic (exact) mass is 484 g/mol. The van der Waals surface area contributed by atoms with Gasteiger partial charge in [0.25, 0.3) is 5.91 Å². The van der Waals surface area contributed by atoms with Crippen molar-refractivity contribution in [2.45, 2.75) is 31.6 Å². The second kappa shape index (κ2) is 10.3. The number of aryl methyl sites for hydroxylation is 1. The van der Waals surface area contributed by atoms with Crippen LogP contribution in [0.15, 0.2) is 78.9 Å². The summed E-state index contributed by atoms with van der Waals surface area (Å²) < 4.78 is 53.2. The van der Waals surface area contributed by atoms with Crippen LogP contribution in [0.1, 0.15) is 33.5 Å². The Morgan fingerprint density at radius 3 is 2.34 bits per heavy atom. The number of carbonyl (C=O) groups is 2. The molecule has 1 heterocycles. The second-order valence-corrected chi connectivity index (χ2v) is 8.59. The lowest BCUT2D eigenvalue weighted by Crippen LogP contribution is -2.57. The van der Waals surface area contributed by atoms with Crippen LogP contribution in [0.5, 0.6) is 0 Å². The van der Waals surface area contributed by atoms with Crippen LogP contribution in [-0.2, 0) is 23.9 Å². The maximum atomic E-state index is 13.7. The van der Waals surface area contributed by atoms with Gasteiger partial charge in [-0.1, -0.05) is 48.5 Å². The lowest BCUT2D eigenvalue weighted by atomic mass is 9.99. The van der Waals surface area contributed by atoms with Crippen molar-refractivity contribution in [1.82, 2.24) is 9.80 Å². The number of halogens is 4. The van der Waals surface area contributed by atoms with Gasteiger partial charge in [0, 0.05) is 18.7 Å². The Hall–Kier alpha value is -3.68. The molecule has 8 heteroatoms. The van der Waals surface area contributed by atoms with Crippen molar-refractivity contribution in [3.05, 3.63) is 107 Å². The average Bonchev–Trinajstić information content (AvgIpc) is 2.84. The largest absolute Gasteiger partial charge is 0.416 e. The summed E-state index contributed by atoms with van der Waals surface area (Å²) in [5, 5.41) is 0. The van der Waals surface area contributed by atoms with Crippen LogP contribution >= 0.6 is 0 Å². The molecule has 2 amide bonds. The molecule has 1 fully saturated rings. The zero-order valence-electron chi connectivity index (χ0n) is 18.8. The van der Waals surface area contributed by atoms with E-state index >= 15 is 0 Å². The number of benzene rings is 3. The van der Waals surface area contributed by atoms with Gasteiger partial charge >= 0.3 is 6.18 Å². The zero-order chi connectivity index (χ0) is 25.0.